The number of piperidine rings is 1. The summed E-state index contributed by atoms with van der Waals surface area (Å²) in [6.45, 7) is 3.33. The molecule has 8 heteroatoms. The van der Waals surface area contributed by atoms with Gasteiger partial charge in [0.25, 0.3) is 0 Å². The highest BCUT2D eigenvalue weighted by atomic mass is 16.6. The molecule has 1 atom stereocenters. The molecule has 0 saturated carbocycles. The fourth-order valence-corrected chi connectivity index (χ4v) is 3.44. The fourth-order valence-electron chi connectivity index (χ4n) is 3.44. The molecule has 0 spiro atoms. The van der Waals surface area contributed by atoms with E-state index in [9.17, 15) is 14.7 Å². The van der Waals surface area contributed by atoms with Crippen LogP contribution in [-0.4, -0.2) is 66.2 Å². The van der Waals surface area contributed by atoms with Gasteiger partial charge in [-0.1, -0.05) is 12.1 Å². The number of carbonyl (C=O) groups is 2. The lowest BCUT2D eigenvalue weighted by Crippen LogP contribution is -2.38. The summed E-state index contributed by atoms with van der Waals surface area (Å²) in [5, 5.41) is 21.3. The summed E-state index contributed by atoms with van der Waals surface area (Å²) in [6, 6.07) is 7.01. The van der Waals surface area contributed by atoms with Crippen molar-refractivity contribution in [1.82, 2.24) is 10.2 Å². The number of hydrogen-bond donors (Lipinski definition) is 3. The first-order chi connectivity index (χ1) is 12.5. The highest BCUT2D eigenvalue weighted by Gasteiger charge is 2.24. The molecule has 0 unspecified atom stereocenters. The summed E-state index contributed by atoms with van der Waals surface area (Å²) in [6.07, 6.45) is 0.536. The van der Waals surface area contributed by atoms with Gasteiger partial charge in [-0.25, -0.2) is 9.59 Å². The molecule has 0 aromatic heterocycles. The van der Waals surface area contributed by atoms with Gasteiger partial charge in [-0.15, -0.1) is 0 Å². The van der Waals surface area contributed by atoms with Crippen LogP contribution in [0.15, 0.2) is 24.3 Å². The van der Waals surface area contributed by atoms with Gasteiger partial charge in [0.1, 0.15) is 6.61 Å². The molecule has 1 aromatic rings. The molecule has 2 aliphatic rings. The Morgan fingerprint density at radius 1 is 1.23 bits per heavy atom. The number of aliphatic hydroxyl groups excluding tert-OH is 1. The van der Waals surface area contributed by atoms with E-state index in [2.05, 4.69) is 10.2 Å². The zero-order chi connectivity index (χ0) is 18.5. The molecule has 26 heavy (non-hydrogen) atoms. The predicted octanol–water partition coefficient (Wildman–Crippen LogP) is 1.80. The van der Waals surface area contributed by atoms with Crippen molar-refractivity contribution >= 4 is 17.9 Å². The third-order valence-electron chi connectivity index (χ3n) is 4.96. The van der Waals surface area contributed by atoms with E-state index < -0.39 is 6.09 Å². The van der Waals surface area contributed by atoms with Gasteiger partial charge >= 0.3 is 12.2 Å². The number of carboxylic acid groups (broad SMARTS) is 1. The van der Waals surface area contributed by atoms with Gasteiger partial charge in [0.15, 0.2) is 0 Å². The lowest BCUT2D eigenvalue weighted by Gasteiger charge is -2.30. The highest BCUT2D eigenvalue weighted by Crippen LogP contribution is 2.24. The van der Waals surface area contributed by atoms with Gasteiger partial charge in [-0.05, 0) is 37.0 Å². The van der Waals surface area contributed by atoms with Crippen LogP contribution in [0, 0.1) is 0 Å². The molecule has 1 aromatic carbocycles. The minimum Gasteiger partial charge on any atom is -0.465 e. The van der Waals surface area contributed by atoms with E-state index in [4.69, 9.17) is 9.84 Å². The van der Waals surface area contributed by atoms with Crippen molar-refractivity contribution in [3.63, 3.8) is 0 Å². The number of cyclic esters (lactones) is 1. The number of anilines is 1. The molecule has 3 rings (SSSR count). The molecule has 3 N–H and O–H groups in total. The van der Waals surface area contributed by atoms with Gasteiger partial charge in [-0.3, -0.25) is 4.90 Å². The smallest absolute Gasteiger partial charge is 0.414 e. The Bertz CT molecular complexity index is 628. The Morgan fingerprint density at radius 3 is 2.50 bits per heavy atom. The molecule has 2 fully saturated rings. The summed E-state index contributed by atoms with van der Waals surface area (Å²) in [5.41, 5.74) is 1.61. The molecule has 2 heterocycles. The molecule has 142 valence electrons. The van der Waals surface area contributed by atoms with Gasteiger partial charge in [0, 0.05) is 25.3 Å². The SMILES string of the molecule is O=C(O)N[C@H](CCN1CCC(O)CC1)c1ccc(N2CCOC2=O)cc1. The van der Waals surface area contributed by atoms with Crippen LogP contribution in [-0.2, 0) is 4.74 Å². The Balaban J connectivity index is 1.63. The lowest BCUT2D eigenvalue weighted by atomic mass is 10.0. The molecule has 2 saturated heterocycles. The molecule has 0 aliphatic carbocycles. The zero-order valence-corrected chi connectivity index (χ0v) is 14.6. The number of rotatable bonds is 6. The first kappa shape index (κ1) is 18.5. The molecule has 2 amide bonds. The van der Waals surface area contributed by atoms with Crippen LogP contribution in [0.2, 0.25) is 0 Å². The average molecular weight is 363 g/mol. The maximum atomic E-state index is 11.6. The van der Waals surface area contributed by atoms with E-state index >= 15 is 0 Å². The monoisotopic (exact) mass is 363 g/mol. The minimum atomic E-state index is -1.06. The quantitative estimate of drug-likeness (QED) is 0.712. The predicted molar refractivity (Wildman–Crippen MR) is 95.3 cm³/mol. The maximum Gasteiger partial charge on any atom is 0.414 e. The summed E-state index contributed by atoms with van der Waals surface area (Å²) in [5.74, 6) is 0. The maximum absolute atomic E-state index is 11.6. The number of hydrogen-bond acceptors (Lipinski definition) is 5. The van der Waals surface area contributed by atoms with E-state index in [0.717, 1.165) is 43.7 Å². The lowest BCUT2D eigenvalue weighted by molar-refractivity contribution is 0.0806. The fraction of sp³-hybridized carbons (Fsp3) is 0.556. The summed E-state index contributed by atoms with van der Waals surface area (Å²) in [7, 11) is 0. The van der Waals surface area contributed by atoms with Crippen LogP contribution >= 0.6 is 0 Å². The van der Waals surface area contributed by atoms with Crippen LogP contribution in [0.1, 0.15) is 30.9 Å². The number of likely N-dealkylation sites (tertiary alicyclic amines) is 1. The number of amides is 2. The van der Waals surface area contributed by atoms with Gasteiger partial charge in [0.05, 0.1) is 18.7 Å². The second kappa shape index (κ2) is 8.37. The number of carbonyl (C=O) groups excluding carboxylic acids is 1. The largest absolute Gasteiger partial charge is 0.465 e. The standard InChI is InChI=1S/C18H25N3O5/c22-15-5-8-20(9-6-15)10-7-16(19-17(23)24)13-1-3-14(4-2-13)21-11-12-26-18(21)25/h1-4,15-16,19,22H,5-12H2,(H,23,24)/t16-/m1/s1. The van der Waals surface area contributed by atoms with Crippen molar-refractivity contribution in [1.29, 1.82) is 0 Å². The average Bonchev–Trinajstić information content (AvgIpc) is 3.06. The first-order valence-corrected chi connectivity index (χ1v) is 8.97. The van der Waals surface area contributed by atoms with Crippen molar-refractivity contribution in [3.8, 4) is 0 Å². The molecule has 0 bridgehead atoms. The second-order valence-corrected chi connectivity index (χ2v) is 6.72. The van der Waals surface area contributed by atoms with Crippen LogP contribution in [0.25, 0.3) is 0 Å². The van der Waals surface area contributed by atoms with E-state index in [1.807, 2.05) is 24.3 Å². The number of benzene rings is 1. The minimum absolute atomic E-state index is 0.219. The van der Waals surface area contributed by atoms with Crippen LogP contribution in [0.5, 0.6) is 0 Å². The van der Waals surface area contributed by atoms with E-state index in [1.165, 1.54) is 0 Å². The van der Waals surface area contributed by atoms with E-state index in [1.54, 1.807) is 4.90 Å². The Kier molecular flexibility index (Phi) is 5.95. The van der Waals surface area contributed by atoms with Crippen molar-refractivity contribution in [2.75, 3.05) is 37.7 Å². The Labute approximate surface area is 152 Å². The number of nitrogens with one attached hydrogen (secondary N) is 1. The third kappa shape index (κ3) is 4.64. The normalized spacial score (nSPS) is 20.0. The van der Waals surface area contributed by atoms with Crippen LogP contribution < -0.4 is 10.2 Å². The highest BCUT2D eigenvalue weighted by molar-refractivity contribution is 5.89. The molecule has 8 nitrogen and oxygen atoms in total. The topological polar surface area (TPSA) is 102 Å². The first-order valence-electron chi connectivity index (χ1n) is 8.97. The molecular weight excluding hydrogens is 338 g/mol. The van der Waals surface area contributed by atoms with Crippen LogP contribution in [0.3, 0.4) is 0 Å². The van der Waals surface area contributed by atoms with Gasteiger partial charge < -0.3 is 25.2 Å². The summed E-state index contributed by atoms with van der Waals surface area (Å²) >= 11 is 0. The summed E-state index contributed by atoms with van der Waals surface area (Å²) < 4.78 is 4.94. The molecule has 2 aliphatic heterocycles. The zero-order valence-electron chi connectivity index (χ0n) is 14.6. The number of aliphatic hydroxyl groups is 1. The van der Waals surface area contributed by atoms with Crippen LogP contribution in [0.4, 0.5) is 15.3 Å². The number of ether oxygens (including phenoxy) is 1. The van der Waals surface area contributed by atoms with Crippen molar-refractivity contribution in [2.45, 2.75) is 31.4 Å². The second-order valence-electron chi connectivity index (χ2n) is 6.72. The molecule has 0 radical (unpaired) electrons. The van der Waals surface area contributed by atoms with Crippen molar-refractivity contribution in [3.05, 3.63) is 29.8 Å². The van der Waals surface area contributed by atoms with Crippen molar-refractivity contribution in [2.24, 2.45) is 0 Å². The Hall–Kier alpha value is -2.32. The van der Waals surface area contributed by atoms with Gasteiger partial charge in [-0.2, -0.15) is 0 Å². The number of nitrogens with zero attached hydrogens (tertiary/aromatic N) is 2. The van der Waals surface area contributed by atoms with Crippen molar-refractivity contribution < 1.29 is 24.5 Å². The third-order valence-corrected chi connectivity index (χ3v) is 4.96. The summed E-state index contributed by atoms with van der Waals surface area (Å²) in [4.78, 5) is 26.6. The van der Waals surface area contributed by atoms with E-state index in [0.29, 0.717) is 19.6 Å². The Morgan fingerprint density at radius 2 is 1.92 bits per heavy atom. The van der Waals surface area contributed by atoms with E-state index in [-0.39, 0.29) is 18.2 Å². The molecular formula is C18H25N3O5. The van der Waals surface area contributed by atoms with Gasteiger partial charge in [0.2, 0.25) is 0 Å².